The minimum atomic E-state index is -0.369. The highest BCUT2D eigenvalue weighted by Gasteiger charge is 2.38. The van der Waals surface area contributed by atoms with Crippen molar-refractivity contribution >= 4 is 39.8 Å². The van der Waals surface area contributed by atoms with E-state index in [1.165, 1.54) is 41.6 Å². The van der Waals surface area contributed by atoms with Gasteiger partial charge >= 0.3 is 0 Å². The Hall–Kier alpha value is -2.93. The fourth-order valence-electron chi connectivity index (χ4n) is 4.15. The first kappa shape index (κ1) is 19.1. The molecule has 7 heteroatoms. The number of aliphatic imine (C=N–C) groups is 1. The van der Waals surface area contributed by atoms with E-state index in [4.69, 9.17) is 5.41 Å². The van der Waals surface area contributed by atoms with Gasteiger partial charge in [0.15, 0.2) is 5.84 Å². The Balaban J connectivity index is 1.41. The predicted molar refractivity (Wildman–Crippen MR) is 122 cm³/mol. The van der Waals surface area contributed by atoms with Crippen LogP contribution >= 0.6 is 11.8 Å². The number of fused-ring (bicyclic) bond motifs is 1. The molecule has 0 atom stereocenters. The summed E-state index contributed by atoms with van der Waals surface area (Å²) < 4.78 is 2.07. The van der Waals surface area contributed by atoms with Gasteiger partial charge in [-0.3, -0.25) is 10.2 Å². The van der Waals surface area contributed by atoms with E-state index in [0.717, 1.165) is 23.6 Å². The highest BCUT2D eigenvalue weighted by atomic mass is 32.2. The van der Waals surface area contributed by atoms with Crippen LogP contribution in [0.15, 0.2) is 64.3 Å². The molecular weight excluding hydrogens is 394 g/mol. The first-order chi connectivity index (χ1) is 14.7. The molecule has 2 aliphatic heterocycles. The van der Waals surface area contributed by atoms with Crippen molar-refractivity contribution in [3.8, 4) is 0 Å². The van der Waals surface area contributed by atoms with Gasteiger partial charge in [-0.2, -0.15) is 15.1 Å². The third kappa shape index (κ3) is 3.65. The molecule has 2 aromatic rings. The van der Waals surface area contributed by atoms with Gasteiger partial charge in [0.25, 0.3) is 5.91 Å². The first-order valence-electron chi connectivity index (χ1n) is 10.4. The molecule has 3 aliphatic rings. The fourth-order valence-corrected chi connectivity index (χ4v) is 5.21. The van der Waals surface area contributed by atoms with Crippen molar-refractivity contribution < 1.29 is 4.79 Å². The average molecular weight is 418 g/mol. The van der Waals surface area contributed by atoms with Gasteiger partial charge in [-0.25, -0.2) is 0 Å². The molecule has 0 saturated heterocycles. The molecule has 1 aromatic carbocycles. The van der Waals surface area contributed by atoms with Crippen LogP contribution in [-0.4, -0.2) is 31.5 Å². The Bertz CT molecular complexity index is 1080. The molecule has 1 aromatic heterocycles. The summed E-state index contributed by atoms with van der Waals surface area (Å²) in [5.41, 5.74) is 2.33. The maximum absolute atomic E-state index is 12.7. The summed E-state index contributed by atoms with van der Waals surface area (Å²) in [6.07, 6.45) is 9.72. The zero-order valence-electron chi connectivity index (χ0n) is 16.6. The fraction of sp³-hybridized carbons (Fsp3) is 0.304. The van der Waals surface area contributed by atoms with E-state index in [1.807, 2.05) is 36.5 Å². The molecule has 0 bridgehead atoms. The SMILES string of the molecule is N=C1/C(=C/c2cccn2Cc2ccccc2)C(=O)N=C2SC(C3CCCCC3)=NN12. The molecule has 5 rings (SSSR count). The Kier molecular flexibility index (Phi) is 5.12. The first-order valence-corrected chi connectivity index (χ1v) is 11.2. The quantitative estimate of drug-likeness (QED) is 0.731. The number of hydrogen-bond acceptors (Lipinski definition) is 4. The molecule has 0 unspecified atom stereocenters. The zero-order valence-corrected chi connectivity index (χ0v) is 17.4. The van der Waals surface area contributed by atoms with Crippen molar-refractivity contribution in [2.45, 2.75) is 38.6 Å². The number of hydrogen-bond donors (Lipinski definition) is 1. The van der Waals surface area contributed by atoms with Crippen molar-refractivity contribution in [2.24, 2.45) is 16.0 Å². The lowest BCUT2D eigenvalue weighted by Crippen LogP contribution is -2.35. The number of nitrogens with one attached hydrogen (secondary N) is 1. The Labute approximate surface area is 179 Å². The maximum Gasteiger partial charge on any atom is 0.283 e. The van der Waals surface area contributed by atoms with Crippen LogP contribution in [-0.2, 0) is 11.3 Å². The maximum atomic E-state index is 12.7. The van der Waals surface area contributed by atoms with Gasteiger partial charge < -0.3 is 4.57 Å². The number of amidine groups is 2. The van der Waals surface area contributed by atoms with Crippen LogP contribution in [0, 0.1) is 11.3 Å². The van der Waals surface area contributed by atoms with Crippen LogP contribution in [0.2, 0.25) is 0 Å². The van der Waals surface area contributed by atoms with Crippen LogP contribution in [0.3, 0.4) is 0 Å². The topological polar surface area (TPSA) is 73.8 Å². The van der Waals surface area contributed by atoms with E-state index >= 15 is 0 Å². The van der Waals surface area contributed by atoms with Gasteiger partial charge in [0.05, 0.1) is 5.57 Å². The Morgan fingerprint density at radius 1 is 1.10 bits per heavy atom. The summed E-state index contributed by atoms with van der Waals surface area (Å²) in [4.78, 5) is 17.0. The minimum absolute atomic E-state index is 0.107. The number of carbonyl (C=O) groups is 1. The Morgan fingerprint density at radius 3 is 2.70 bits per heavy atom. The predicted octanol–water partition coefficient (Wildman–Crippen LogP) is 4.74. The standard InChI is InChI=1S/C23H23N5OS/c24-20-19(14-18-12-7-13-27(18)15-16-8-3-1-4-9-16)21(29)25-23-28(20)26-22(30-23)17-10-5-2-6-11-17/h1,3-4,7-9,12-14,17,24H,2,5-6,10-11,15H2/b19-14-,24-20?. The third-order valence-electron chi connectivity index (χ3n) is 5.78. The van der Waals surface area contributed by atoms with Gasteiger partial charge in [-0.1, -0.05) is 49.6 Å². The highest BCUT2D eigenvalue weighted by molar-refractivity contribution is 8.27. The second-order valence-corrected chi connectivity index (χ2v) is 8.83. The van der Waals surface area contributed by atoms with E-state index in [0.29, 0.717) is 17.6 Å². The van der Waals surface area contributed by atoms with Gasteiger partial charge in [0.1, 0.15) is 5.04 Å². The normalized spacial score (nSPS) is 21.1. The molecule has 1 amide bonds. The van der Waals surface area contributed by atoms with Crippen LogP contribution in [0.5, 0.6) is 0 Å². The minimum Gasteiger partial charge on any atom is -0.344 e. The molecular formula is C23H23N5OS. The van der Waals surface area contributed by atoms with Crippen LogP contribution in [0.4, 0.5) is 0 Å². The summed E-state index contributed by atoms with van der Waals surface area (Å²) in [6, 6.07) is 14.1. The lowest BCUT2D eigenvalue weighted by molar-refractivity contribution is -0.114. The second kappa shape index (κ2) is 8.07. The smallest absolute Gasteiger partial charge is 0.283 e. The molecule has 0 radical (unpaired) electrons. The molecule has 1 aliphatic carbocycles. The number of carbonyl (C=O) groups excluding carboxylic acids is 1. The largest absolute Gasteiger partial charge is 0.344 e. The highest BCUT2D eigenvalue weighted by Crippen LogP contribution is 2.36. The molecule has 1 fully saturated rings. The Morgan fingerprint density at radius 2 is 1.90 bits per heavy atom. The summed E-state index contributed by atoms with van der Waals surface area (Å²) in [5.74, 6) is 0.164. The van der Waals surface area contributed by atoms with E-state index < -0.39 is 0 Å². The molecule has 0 spiro atoms. The number of amides is 1. The summed E-state index contributed by atoms with van der Waals surface area (Å²) >= 11 is 1.46. The van der Waals surface area contributed by atoms with Crippen molar-refractivity contribution in [2.75, 3.05) is 0 Å². The van der Waals surface area contributed by atoms with Crippen molar-refractivity contribution in [3.63, 3.8) is 0 Å². The van der Waals surface area contributed by atoms with Gasteiger partial charge in [-0.15, -0.1) is 0 Å². The molecule has 1 N–H and O–H groups in total. The molecule has 152 valence electrons. The summed E-state index contributed by atoms with van der Waals surface area (Å²) in [6.45, 7) is 0.701. The summed E-state index contributed by atoms with van der Waals surface area (Å²) in [5, 5.41) is 16.4. The lowest BCUT2D eigenvalue weighted by Gasteiger charge is -2.20. The molecule has 1 saturated carbocycles. The van der Waals surface area contributed by atoms with Crippen molar-refractivity contribution in [1.29, 1.82) is 5.41 Å². The van der Waals surface area contributed by atoms with Gasteiger partial charge in [-0.05, 0) is 48.4 Å². The van der Waals surface area contributed by atoms with Crippen LogP contribution in [0.25, 0.3) is 6.08 Å². The molecule has 6 nitrogen and oxygen atoms in total. The zero-order chi connectivity index (χ0) is 20.5. The van der Waals surface area contributed by atoms with E-state index in [1.54, 1.807) is 6.08 Å². The van der Waals surface area contributed by atoms with Crippen LogP contribution < -0.4 is 0 Å². The van der Waals surface area contributed by atoms with Gasteiger partial charge in [0, 0.05) is 24.4 Å². The van der Waals surface area contributed by atoms with Gasteiger partial charge in [0.2, 0.25) is 5.17 Å². The van der Waals surface area contributed by atoms with Crippen molar-refractivity contribution in [3.05, 3.63) is 65.5 Å². The number of benzene rings is 1. The van der Waals surface area contributed by atoms with Crippen LogP contribution in [0.1, 0.15) is 43.4 Å². The summed E-state index contributed by atoms with van der Waals surface area (Å²) in [7, 11) is 0. The monoisotopic (exact) mass is 417 g/mol. The lowest BCUT2D eigenvalue weighted by atomic mass is 9.90. The van der Waals surface area contributed by atoms with E-state index in [2.05, 4.69) is 26.8 Å². The van der Waals surface area contributed by atoms with E-state index in [-0.39, 0.29) is 17.3 Å². The third-order valence-corrected chi connectivity index (χ3v) is 6.85. The molecule has 3 heterocycles. The van der Waals surface area contributed by atoms with E-state index in [9.17, 15) is 4.79 Å². The average Bonchev–Trinajstić information content (AvgIpc) is 3.39. The molecule has 30 heavy (non-hydrogen) atoms. The number of rotatable bonds is 4. The van der Waals surface area contributed by atoms with Crippen molar-refractivity contribution in [1.82, 2.24) is 9.58 Å². The number of nitrogens with zero attached hydrogens (tertiary/aromatic N) is 4. The number of aromatic nitrogens is 1. The number of hydrazone groups is 1. The number of thioether (sulfide) groups is 1. The second-order valence-electron chi connectivity index (χ2n) is 7.84.